The average Bonchev–Trinajstić information content (AvgIpc) is 2.17. The molecule has 0 radical (unpaired) electrons. The van der Waals surface area contributed by atoms with E-state index in [1.54, 1.807) is 0 Å². The lowest BCUT2D eigenvalue weighted by molar-refractivity contribution is 0.0136. The maximum Gasteiger partial charge on any atom is 0.0867 e. The third-order valence-corrected chi connectivity index (χ3v) is 3.18. The molecular formula is C11H24N2O. The lowest BCUT2D eigenvalue weighted by Crippen LogP contribution is -2.48. The van der Waals surface area contributed by atoms with E-state index in [-0.39, 0.29) is 0 Å². The second kappa shape index (κ2) is 5.10. The van der Waals surface area contributed by atoms with E-state index < -0.39 is 5.60 Å². The fourth-order valence-corrected chi connectivity index (χ4v) is 2.17. The molecule has 1 aliphatic heterocycles. The highest BCUT2D eigenvalue weighted by atomic mass is 16.3. The van der Waals surface area contributed by atoms with Crippen LogP contribution < -0.4 is 5.73 Å². The van der Waals surface area contributed by atoms with Crippen molar-refractivity contribution < 1.29 is 5.11 Å². The van der Waals surface area contributed by atoms with E-state index in [0.717, 1.165) is 25.6 Å². The van der Waals surface area contributed by atoms with Gasteiger partial charge in [0.2, 0.25) is 0 Å². The van der Waals surface area contributed by atoms with Crippen molar-refractivity contribution in [2.24, 2.45) is 11.7 Å². The number of nitrogens with two attached hydrogens (primary N) is 1. The zero-order valence-electron chi connectivity index (χ0n) is 9.50. The van der Waals surface area contributed by atoms with Gasteiger partial charge in [-0.2, -0.15) is 0 Å². The second-order valence-corrected chi connectivity index (χ2v) is 4.85. The summed E-state index contributed by atoms with van der Waals surface area (Å²) in [5.74, 6) is 0.817. The fourth-order valence-electron chi connectivity index (χ4n) is 2.17. The molecular weight excluding hydrogens is 176 g/mol. The topological polar surface area (TPSA) is 49.5 Å². The molecule has 1 fully saturated rings. The summed E-state index contributed by atoms with van der Waals surface area (Å²) < 4.78 is 0. The lowest BCUT2D eigenvalue weighted by atomic mass is 9.94. The number of aliphatic hydroxyl groups is 1. The highest BCUT2D eigenvalue weighted by Crippen LogP contribution is 2.20. The maximum absolute atomic E-state index is 9.87. The van der Waals surface area contributed by atoms with Crippen LogP contribution in [-0.2, 0) is 0 Å². The fraction of sp³-hybridized carbons (Fsp3) is 1.00. The summed E-state index contributed by atoms with van der Waals surface area (Å²) in [6.45, 7) is 7.39. The van der Waals surface area contributed by atoms with Gasteiger partial charge in [0.1, 0.15) is 0 Å². The van der Waals surface area contributed by atoms with Crippen LogP contribution in [0.1, 0.15) is 33.1 Å². The van der Waals surface area contributed by atoms with Crippen LogP contribution in [0.3, 0.4) is 0 Å². The lowest BCUT2D eigenvalue weighted by Gasteiger charge is -2.36. The van der Waals surface area contributed by atoms with Gasteiger partial charge < -0.3 is 15.7 Å². The Morgan fingerprint density at radius 2 is 2.29 bits per heavy atom. The summed E-state index contributed by atoms with van der Waals surface area (Å²) in [5.41, 5.74) is 4.80. The molecule has 0 aromatic heterocycles. The third kappa shape index (κ3) is 3.56. The molecule has 0 aromatic carbocycles. The molecule has 1 rings (SSSR count). The Bertz CT molecular complexity index is 171. The first kappa shape index (κ1) is 12.0. The molecule has 2 atom stereocenters. The van der Waals surface area contributed by atoms with Crippen LogP contribution in [0.4, 0.5) is 0 Å². The van der Waals surface area contributed by atoms with Crippen LogP contribution in [0, 0.1) is 5.92 Å². The van der Waals surface area contributed by atoms with Gasteiger partial charge in [0, 0.05) is 19.6 Å². The smallest absolute Gasteiger partial charge is 0.0867 e. The molecule has 0 aliphatic carbocycles. The number of likely N-dealkylation sites (tertiary alicyclic amines) is 1. The minimum Gasteiger partial charge on any atom is -0.388 e. The van der Waals surface area contributed by atoms with Crippen LogP contribution >= 0.6 is 0 Å². The predicted molar refractivity (Wildman–Crippen MR) is 59.1 cm³/mol. The summed E-state index contributed by atoms with van der Waals surface area (Å²) in [5, 5.41) is 9.87. The Morgan fingerprint density at radius 3 is 2.86 bits per heavy atom. The number of hydrogen-bond donors (Lipinski definition) is 2. The summed E-state index contributed by atoms with van der Waals surface area (Å²) >= 11 is 0. The quantitative estimate of drug-likeness (QED) is 0.706. The van der Waals surface area contributed by atoms with Crippen LogP contribution in [0.2, 0.25) is 0 Å². The van der Waals surface area contributed by atoms with Gasteiger partial charge in [-0.1, -0.05) is 13.3 Å². The van der Waals surface area contributed by atoms with Gasteiger partial charge in [-0.3, -0.25) is 0 Å². The summed E-state index contributed by atoms with van der Waals surface area (Å²) in [4.78, 5) is 2.35. The molecule has 3 nitrogen and oxygen atoms in total. The standard InChI is InChI=1S/C11H24N2O/c1-3-10-5-4-6-13(7-10)9-11(2,14)8-12/h10,14H,3-9,12H2,1-2H3. The number of β-amino-alcohol motifs (C(OH)–C–C–N with tert-alkyl or cyclic N) is 1. The molecule has 2 unspecified atom stereocenters. The largest absolute Gasteiger partial charge is 0.388 e. The van der Waals surface area contributed by atoms with E-state index in [0.29, 0.717) is 6.54 Å². The molecule has 14 heavy (non-hydrogen) atoms. The van der Waals surface area contributed by atoms with Crippen LogP contribution in [0.25, 0.3) is 0 Å². The van der Waals surface area contributed by atoms with Gasteiger partial charge >= 0.3 is 0 Å². The Balaban J connectivity index is 2.37. The number of nitrogens with zero attached hydrogens (tertiary/aromatic N) is 1. The second-order valence-electron chi connectivity index (χ2n) is 4.85. The predicted octanol–water partition coefficient (Wildman–Crippen LogP) is 0.818. The van der Waals surface area contributed by atoms with E-state index in [2.05, 4.69) is 11.8 Å². The molecule has 1 aliphatic rings. The molecule has 0 spiro atoms. The minimum absolute atomic E-state index is 0.348. The van der Waals surface area contributed by atoms with Gasteiger partial charge in [0.25, 0.3) is 0 Å². The zero-order valence-corrected chi connectivity index (χ0v) is 9.50. The first-order valence-corrected chi connectivity index (χ1v) is 5.72. The molecule has 3 heteroatoms. The molecule has 84 valence electrons. The van der Waals surface area contributed by atoms with E-state index in [1.807, 2.05) is 6.92 Å². The molecule has 0 amide bonds. The van der Waals surface area contributed by atoms with Crippen molar-refractivity contribution in [3.8, 4) is 0 Å². The number of piperidine rings is 1. The molecule has 0 aromatic rings. The van der Waals surface area contributed by atoms with Crippen molar-refractivity contribution in [3.63, 3.8) is 0 Å². The Hall–Kier alpha value is -0.120. The number of hydrogen-bond acceptors (Lipinski definition) is 3. The highest BCUT2D eigenvalue weighted by molar-refractivity contribution is 4.81. The Kier molecular flexibility index (Phi) is 4.35. The molecule has 1 saturated heterocycles. The van der Waals surface area contributed by atoms with Crippen molar-refractivity contribution in [1.29, 1.82) is 0 Å². The van der Waals surface area contributed by atoms with Crippen molar-refractivity contribution in [2.45, 2.75) is 38.7 Å². The monoisotopic (exact) mass is 200 g/mol. The molecule has 0 bridgehead atoms. The van der Waals surface area contributed by atoms with Crippen molar-refractivity contribution >= 4 is 0 Å². The molecule has 3 N–H and O–H groups in total. The zero-order chi connectivity index (χ0) is 10.6. The first-order valence-electron chi connectivity index (χ1n) is 5.72. The van der Waals surface area contributed by atoms with Gasteiger partial charge in [0.15, 0.2) is 0 Å². The molecule has 0 saturated carbocycles. The summed E-state index contributed by atoms with van der Waals surface area (Å²) in [6, 6.07) is 0. The summed E-state index contributed by atoms with van der Waals surface area (Å²) in [7, 11) is 0. The van der Waals surface area contributed by atoms with E-state index in [1.165, 1.54) is 19.3 Å². The SMILES string of the molecule is CCC1CCCN(CC(C)(O)CN)C1. The van der Waals surface area contributed by atoms with Gasteiger partial charge in [-0.05, 0) is 32.2 Å². The van der Waals surface area contributed by atoms with Crippen molar-refractivity contribution in [1.82, 2.24) is 4.90 Å². The average molecular weight is 200 g/mol. The normalized spacial score (nSPS) is 28.7. The van der Waals surface area contributed by atoms with Gasteiger partial charge in [-0.15, -0.1) is 0 Å². The van der Waals surface area contributed by atoms with E-state index in [4.69, 9.17) is 5.73 Å². The van der Waals surface area contributed by atoms with Crippen LogP contribution in [0.5, 0.6) is 0 Å². The van der Waals surface area contributed by atoms with Crippen LogP contribution in [-0.4, -0.2) is 41.8 Å². The third-order valence-electron chi connectivity index (χ3n) is 3.18. The van der Waals surface area contributed by atoms with Gasteiger partial charge in [0.05, 0.1) is 5.60 Å². The highest BCUT2D eigenvalue weighted by Gasteiger charge is 2.25. The Morgan fingerprint density at radius 1 is 1.57 bits per heavy atom. The van der Waals surface area contributed by atoms with Gasteiger partial charge in [-0.25, -0.2) is 0 Å². The van der Waals surface area contributed by atoms with Crippen LogP contribution in [0.15, 0.2) is 0 Å². The minimum atomic E-state index is -0.713. The Labute approximate surface area is 87.3 Å². The first-order chi connectivity index (χ1) is 6.57. The van der Waals surface area contributed by atoms with Crippen molar-refractivity contribution in [2.75, 3.05) is 26.2 Å². The summed E-state index contributed by atoms with van der Waals surface area (Å²) in [6.07, 6.45) is 3.86. The maximum atomic E-state index is 9.87. The van der Waals surface area contributed by atoms with E-state index >= 15 is 0 Å². The van der Waals surface area contributed by atoms with E-state index in [9.17, 15) is 5.11 Å². The number of rotatable bonds is 4. The molecule has 1 heterocycles. The van der Waals surface area contributed by atoms with Crippen molar-refractivity contribution in [3.05, 3.63) is 0 Å².